The number of likely N-dealkylation sites (tertiary alicyclic amines) is 1. The first-order valence-electron chi connectivity index (χ1n) is 9.61. The fourth-order valence-corrected chi connectivity index (χ4v) is 4.51. The Labute approximate surface area is 160 Å². The number of carbonyl (C=O) groups excluding carboxylic acids is 1. The quantitative estimate of drug-likeness (QED) is 0.850. The molecule has 2 aromatic rings. The highest BCUT2D eigenvalue weighted by Crippen LogP contribution is 2.37. The Morgan fingerprint density at radius 3 is 2.58 bits per heavy atom. The van der Waals surface area contributed by atoms with E-state index < -0.39 is 0 Å². The molecular formula is C22H25ClN2O. The topological polar surface area (TPSA) is 32.3 Å². The smallest absolute Gasteiger partial charge is 0.244 e. The van der Waals surface area contributed by atoms with Gasteiger partial charge in [-0.15, -0.1) is 0 Å². The monoisotopic (exact) mass is 368 g/mol. The number of halogens is 1. The molecular weight excluding hydrogens is 344 g/mol. The summed E-state index contributed by atoms with van der Waals surface area (Å²) in [6.07, 6.45) is 5.38. The second-order valence-electron chi connectivity index (χ2n) is 7.30. The third-order valence-electron chi connectivity index (χ3n) is 5.63. The van der Waals surface area contributed by atoms with E-state index in [4.69, 9.17) is 11.6 Å². The van der Waals surface area contributed by atoms with Crippen LogP contribution in [0.5, 0.6) is 0 Å². The zero-order valence-corrected chi connectivity index (χ0v) is 15.7. The molecule has 2 unspecified atom stereocenters. The molecule has 1 fully saturated rings. The molecule has 2 aromatic carbocycles. The molecule has 0 bridgehead atoms. The van der Waals surface area contributed by atoms with Gasteiger partial charge < -0.3 is 4.90 Å². The van der Waals surface area contributed by atoms with Crippen LogP contribution < -0.4 is 5.32 Å². The Kier molecular flexibility index (Phi) is 5.28. The number of benzene rings is 2. The summed E-state index contributed by atoms with van der Waals surface area (Å²) in [7, 11) is 0. The Hall–Kier alpha value is -1.84. The maximum absolute atomic E-state index is 13.3. The van der Waals surface area contributed by atoms with Crippen LogP contribution in [0.1, 0.15) is 54.5 Å². The normalized spacial score (nSPS) is 20.7. The Bertz CT molecular complexity index is 771. The van der Waals surface area contributed by atoms with E-state index in [0.717, 1.165) is 49.4 Å². The van der Waals surface area contributed by atoms with Crippen molar-refractivity contribution in [3.8, 4) is 0 Å². The molecule has 136 valence electrons. The molecule has 1 aliphatic heterocycles. The van der Waals surface area contributed by atoms with Gasteiger partial charge in [-0.1, -0.05) is 54.1 Å². The number of hydrogen-bond donors (Lipinski definition) is 1. The van der Waals surface area contributed by atoms with Crippen molar-refractivity contribution in [2.75, 3.05) is 13.1 Å². The van der Waals surface area contributed by atoms with E-state index in [1.165, 1.54) is 17.5 Å². The van der Waals surface area contributed by atoms with Gasteiger partial charge >= 0.3 is 0 Å². The standard InChI is InChI=1S/C22H25ClN2O/c23-19-11-7-10-18-17(19)12-13-20(18)24-21(16-8-3-1-4-9-16)22(26)25-14-5-2-6-15-25/h1,3-4,7-11,20-21,24H,2,5-6,12-15H2. The SMILES string of the molecule is O=C(C(NC1CCc2c(Cl)cccc21)c1ccccc1)N1CCCCC1. The van der Waals surface area contributed by atoms with Gasteiger partial charge in [0.1, 0.15) is 6.04 Å². The molecule has 1 heterocycles. The van der Waals surface area contributed by atoms with Gasteiger partial charge in [-0.3, -0.25) is 10.1 Å². The zero-order chi connectivity index (χ0) is 17.9. The molecule has 1 amide bonds. The molecule has 0 saturated carbocycles. The van der Waals surface area contributed by atoms with Gasteiger partial charge in [-0.2, -0.15) is 0 Å². The number of rotatable bonds is 4. The molecule has 2 atom stereocenters. The number of piperidine rings is 1. The zero-order valence-electron chi connectivity index (χ0n) is 15.0. The van der Waals surface area contributed by atoms with E-state index in [9.17, 15) is 4.79 Å². The Morgan fingerprint density at radius 1 is 1.04 bits per heavy atom. The Balaban J connectivity index is 1.60. The van der Waals surface area contributed by atoms with Crippen LogP contribution in [0.25, 0.3) is 0 Å². The van der Waals surface area contributed by atoms with Crippen LogP contribution in [-0.4, -0.2) is 23.9 Å². The van der Waals surface area contributed by atoms with Crippen LogP contribution in [0.2, 0.25) is 5.02 Å². The summed E-state index contributed by atoms with van der Waals surface area (Å²) in [4.78, 5) is 15.3. The van der Waals surface area contributed by atoms with Gasteiger partial charge in [0.2, 0.25) is 5.91 Å². The molecule has 4 rings (SSSR count). The fraction of sp³-hybridized carbons (Fsp3) is 0.409. The van der Waals surface area contributed by atoms with Crippen molar-refractivity contribution in [1.82, 2.24) is 10.2 Å². The van der Waals surface area contributed by atoms with E-state index in [1.807, 2.05) is 47.4 Å². The Morgan fingerprint density at radius 2 is 1.81 bits per heavy atom. The van der Waals surface area contributed by atoms with Crippen molar-refractivity contribution in [2.45, 2.75) is 44.2 Å². The lowest BCUT2D eigenvalue weighted by molar-refractivity contribution is -0.134. The molecule has 1 aliphatic carbocycles. The lowest BCUT2D eigenvalue weighted by Crippen LogP contribution is -2.44. The summed E-state index contributed by atoms with van der Waals surface area (Å²) < 4.78 is 0. The molecule has 1 N–H and O–H groups in total. The van der Waals surface area contributed by atoms with Gasteiger partial charge in [-0.25, -0.2) is 0 Å². The average molecular weight is 369 g/mol. The van der Waals surface area contributed by atoms with Gasteiger partial charge in [0, 0.05) is 24.2 Å². The van der Waals surface area contributed by atoms with Crippen LogP contribution in [0.3, 0.4) is 0 Å². The van der Waals surface area contributed by atoms with Crippen LogP contribution in [0, 0.1) is 0 Å². The van der Waals surface area contributed by atoms with E-state index >= 15 is 0 Å². The minimum atomic E-state index is -0.302. The predicted octanol–water partition coefficient (Wildman–Crippen LogP) is 4.67. The fourth-order valence-electron chi connectivity index (χ4n) is 4.24. The number of hydrogen-bond acceptors (Lipinski definition) is 2. The summed E-state index contributed by atoms with van der Waals surface area (Å²) in [5.74, 6) is 0.200. The summed E-state index contributed by atoms with van der Waals surface area (Å²) in [5.41, 5.74) is 3.51. The van der Waals surface area contributed by atoms with Crippen molar-refractivity contribution in [3.05, 3.63) is 70.2 Å². The molecule has 0 radical (unpaired) electrons. The number of amides is 1. The highest BCUT2D eigenvalue weighted by Gasteiger charge is 2.32. The first-order valence-corrected chi connectivity index (χ1v) is 9.99. The molecule has 26 heavy (non-hydrogen) atoms. The lowest BCUT2D eigenvalue weighted by Gasteiger charge is -2.32. The third kappa shape index (κ3) is 3.51. The molecule has 4 heteroatoms. The van der Waals surface area contributed by atoms with E-state index in [-0.39, 0.29) is 18.0 Å². The first kappa shape index (κ1) is 17.6. The lowest BCUT2D eigenvalue weighted by atomic mass is 10.0. The summed E-state index contributed by atoms with van der Waals surface area (Å²) in [6, 6.07) is 16.1. The number of nitrogens with one attached hydrogen (secondary N) is 1. The molecule has 1 saturated heterocycles. The van der Waals surface area contributed by atoms with E-state index in [2.05, 4.69) is 11.4 Å². The largest absolute Gasteiger partial charge is 0.341 e. The molecule has 0 aromatic heterocycles. The minimum absolute atomic E-state index is 0.169. The van der Waals surface area contributed by atoms with Crippen molar-refractivity contribution in [1.29, 1.82) is 0 Å². The summed E-state index contributed by atoms with van der Waals surface area (Å²) in [6.45, 7) is 1.74. The van der Waals surface area contributed by atoms with Crippen molar-refractivity contribution in [2.24, 2.45) is 0 Å². The molecule has 3 nitrogen and oxygen atoms in total. The van der Waals surface area contributed by atoms with Gasteiger partial charge in [0.05, 0.1) is 0 Å². The highest BCUT2D eigenvalue weighted by atomic mass is 35.5. The first-order chi connectivity index (χ1) is 12.7. The van der Waals surface area contributed by atoms with Crippen LogP contribution in [0.4, 0.5) is 0 Å². The molecule has 2 aliphatic rings. The van der Waals surface area contributed by atoms with E-state index in [0.29, 0.717) is 0 Å². The van der Waals surface area contributed by atoms with Crippen molar-refractivity contribution < 1.29 is 4.79 Å². The van der Waals surface area contributed by atoms with Crippen LogP contribution in [0.15, 0.2) is 48.5 Å². The van der Waals surface area contributed by atoms with Gasteiger partial charge in [-0.05, 0) is 54.9 Å². The average Bonchev–Trinajstić information content (AvgIpc) is 3.11. The summed E-state index contributed by atoms with van der Waals surface area (Å²) in [5, 5.41) is 4.50. The van der Waals surface area contributed by atoms with Gasteiger partial charge in [0.25, 0.3) is 0 Å². The minimum Gasteiger partial charge on any atom is -0.341 e. The summed E-state index contributed by atoms with van der Waals surface area (Å²) >= 11 is 6.37. The predicted molar refractivity (Wildman–Crippen MR) is 105 cm³/mol. The molecule has 0 spiro atoms. The second kappa shape index (κ2) is 7.81. The van der Waals surface area contributed by atoms with Crippen molar-refractivity contribution >= 4 is 17.5 Å². The number of fused-ring (bicyclic) bond motifs is 1. The highest BCUT2D eigenvalue weighted by molar-refractivity contribution is 6.31. The van der Waals surface area contributed by atoms with Crippen LogP contribution >= 0.6 is 11.6 Å². The van der Waals surface area contributed by atoms with Gasteiger partial charge in [0.15, 0.2) is 0 Å². The number of carbonyl (C=O) groups is 1. The van der Waals surface area contributed by atoms with Crippen molar-refractivity contribution in [3.63, 3.8) is 0 Å². The van der Waals surface area contributed by atoms with E-state index in [1.54, 1.807) is 0 Å². The van der Waals surface area contributed by atoms with Crippen LogP contribution in [-0.2, 0) is 11.2 Å². The number of nitrogens with zero attached hydrogens (tertiary/aromatic N) is 1. The third-order valence-corrected chi connectivity index (χ3v) is 5.98. The maximum atomic E-state index is 13.3. The maximum Gasteiger partial charge on any atom is 0.244 e. The second-order valence-corrected chi connectivity index (χ2v) is 7.70.